The molecule has 5 rings (SSSR count). The van der Waals surface area contributed by atoms with Gasteiger partial charge in [0.2, 0.25) is 0 Å². The van der Waals surface area contributed by atoms with Gasteiger partial charge in [-0.3, -0.25) is 0 Å². The molecule has 0 aliphatic heterocycles. The summed E-state index contributed by atoms with van der Waals surface area (Å²) in [5.41, 5.74) is 0. The summed E-state index contributed by atoms with van der Waals surface area (Å²) in [6.45, 7) is 12.8. The van der Waals surface area contributed by atoms with Crippen molar-refractivity contribution in [3.05, 3.63) is 190 Å². The highest BCUT2D eigenvalue weighted by atomic mass is 28.5. The molecule has 0 unspecified atom stereocenters. The van der Waals surface area contributed by atoms with Crippen LogP contribution in [0, 0.1) is 0 Å². The Kier molecular flexibility index (Phi) is 10.4. The Bertz CT molecular complexity index is 1450. The molecule has 5 aromatic carbocycles. The molecule has 0 saturated carbocycles. The lowest BCUT2D eigenvalue weighted by Gasteiger charge is -2.46. The van der Waals surface area contributed by atoms with E-state index in [0.717, 1.165) is 5.19 Å². The fraction of sp³-hybridized carbons (Fsp3) is 0.0769. The Morgan fingerprint density at radius 1 is 0.364 bits per heavy atom. The molecule has 0 aliphatic carbocycles. The van der Waals surface area contributed by atoms with Crippen molar-refractivity contribution in [3.8, 4) is 0 Å². The maximum atomic E-state index is 8.02. The van der Waals surface area contributed by atoms with Crippen LogP contribution in [0.1, 0.15) is 0 Å². The van der Waals surface area contributed by atoms with Crippen molar-refractivity contribution in [3.63, 3.8) is 0 Å². The molecule has 0 heterocycles. The molecule has 44 heavy (non-hydrogen) atoms. The highest BCUT2D eigenvalue weighted by Gasteiger charge is 2.55. The van der Waals surface area contributed by atoms with Crippen molar-refractivity contribution in [2.24, 2.45) is 0 Å². The highest BCUT2D eigenvalue weighted by Crippen LogP contribution is 2.29. The van der Waals surface area contributed by atoms with Crippen LogP contribution in [0.25, 0.3) is 0 Å². The lowest BCUT2D eigenvalue weighted by atomic mass is 10.4. The van der Waals surface area contributed by atoms with Gasteiger partial charge < -0.3 is 8.23 Å². The fourth-order valence-corrected chi connectivity index (χ4v) is 22.0. The van der Waals surface area contributed by atoms with Crippen molar-refractivity contribution in [1.82, 2.24) is 0 Å². The third-order valence-corrected chi connectivity index (χ3v) is 22.4. The molecule has 0 N–H and O–H groups in total. The van der Waals surface area contributed by atoms with E-state index in [1.54, 1.807) is 0 Å². The van der Waals surface area contributed by atoms with Gasteiger partial charge in [0, 0.05) is 6.04 Å². The van der Waals surface area contributed by atoms with Crippen LogP contribution in [-0.2, 0) is 8.23 Å². The minimum Gasteiger partial charge on any atom is -0.425 e. The Balaban J connectivity index is 1.84. The summed E-state index contributed by atoms with van der Waals surface area (Å²) >= 11 is 0. The molecule has 0 atom stereocenters. The van der Waals surface area contributed by atoms with Gasteiger partial charge in [0.1, 0.15) is 0 Å². The zero-order valence-corrected chi connectivity index (χ0v) is 28.2. The fourth-order valence-electron chi connectivity index (χ4n) is 6.14. The number of hydrogen-bond acceptors (Lipinski definition) is 2. The average Bonchev–Trinajstić information content (AvgIpc) is 3.10. The Morgan fingerprint density at radius 2 is 0.614 bits per heavy atom. The van der Waals surface area contributed by atoms with Crippen molar-refractivity contribution < 1.29 is 8.23 Å². The van der Waals surface area contributed by atoms with E-state index < -0.39 is 25.2 Å². The molecule has 0 bridgehead atoms. The van der Waals surface area contributed by atoms with Crippen LogP contribution in [0.2, 0.25) is 18.1 Å². The quantitative estimate of drug-likeness (QED) is 0.0985. The van der Waals surface area contributed by atoms with Gasteiger partial charge in [0.25, 0.3) is 16.6 Å². The second-order valence-electron chi connectivity index (χ2n) is 10.9. The zero-order chi connectivity index (χ0) is 30.7. The SMILES string of the molecule is C=CC[Si](O[Si](CC=C)(c1ccccc1)c1ccccc1)(O[Si](CC=C)(c1ccccc1)c1ccccc1)c1ccccc1. The average molecular weight is 625 g/mol. The molecule has 0 amide bonds. The van der Waals surface area contributed by atoms with Gasteiger partial charge in [-0.05, 0) is 38.0 Å². The van der Waals surface area contributed by atoms with Crippen LogP contribution in [0.4, 0.5) is 0 Å². The predicted molar refractivity (Wildman–Crippen MR) is 195 cm³/mol. The summed E-state index contributed by atoms with van der Waals surface area (Å²) in [6, 6.07) is 55.4. The molecule has 5 aromatic rings. The summed E-state index contributed by atoms with van der Waals surface area (Å²) < 4.78 is 16.0. The van der Waals surface area contributed by atoms with Gasteiger partial charge in [-0.15, -0.1) is 19.7 Å². The summed E-state index contributed by atoms with van der Waals surface area (Å²) in [7, 11) is -9.26. The Labute approximate surface area is 266 Å². The number of allylic oxidation sites excluding steroid dienone is 3. The number of rotatable bonds is 15. The third-order valence-electron chi connectivity index (χ3n) is 8.13. The normalized spacial score (nSPS) is 11.9. The monoisotopic (exact) mass is 624 g/mol. The lowest BCUT2D eigenvalue weighted by molar-refractivity contribution is 0.406. The van der Waals surface area contributed by atoms with E-state index in [2.05, 4.69) is 171 Å². The maximum absolute atomic E-state index is 8.02. The maximum Gasteiger partial charge on any atom is 0.356 e. The zero-order valence-electron chi connectivity index (χ0n) is 25.2. The van der Waals surface area contributed by atoms with E-state index in [1.165, 1.54) is 20.7 Å². The van der Waals surface area contributed by atoms with Gasteiger partial charge in [-0.1, -0.05) is 170 Å². The molecule has 0 spiro atoms. The second kappa shape index (κ2) is 14.6. The van der Waals surface area contributed by atoms with Crippen LogP contribution in [0.5, 0.6) is 0 Å². The molecule has 0 aliphatic rings. The molecule has 0 saturated heterocycles. The van der Waals surface area contributed by atoms with Gasteiger partial charge in [0.15, 0.2) is 0 Å². The van der Waals surface area contributed by atoms with Gasteiger partial charge in [-0.25, -0.2) is 0 Å². The highest BCUT2D eigenvalue weighted by molar-refractivity contribution is 7.08. The first-order valence-electron chi connectivity index (χ1n) is 15.1. The van der Waals surface area contributed by atoms with Crippen LogP contribution in [0.15, 0.2) is 190 Å². The smallest absolute Gasteiger partial charge is 0.356 e. The van der Waals surface area contributed by atoms with Gasteiger partial charge in [0.05, 0.1) is 0 Å². The van der Waals surface area contributed by atoms with E-state index in [4.69, 9.17) is 8.23 Å². The predicted octanol–water partition coefficient (Wildman–Crippen LogP) is 6.45. The molecule has 5 heteroatoms. The minimum atomic E-state index is -3.34. The molecular formula is C39H40O2Si3. The van der Waals surface area contributed by atoms with Crippen molar-refractivity contribution in [1.29, 1.82) is 0 Å². The van der Waals surface area contributed by atoms with Crippen molar-refractivity contribution in [2.75, 3.05) is 0 Å². The first kappa shape index (κ1) is 31.3. The van der Waals surface area contributed by atoms with Crippen LogP contribution < -0.4 is 25.9 Å². The lowest BCUT2D eigenvalue weighted by Crippen LogP contribution is -2.75. The van der Waals surface area contributed by atoms with Crippen LogP contribution >= 0.6 is 0 Å². The Morgan fingerprint density at radius 3 is 0.864 bits per heavy atom. The third kappa shape index (κ3) is 6.38. The number of benzene rings is 5. The van der Waals surface area contributed by atoms with E-state index >= 15 is 0 Å². The van der Waals surface area contributed by atoms with E-state index in [1.807, 2.05) is 18.2 Å². The topological polar surface area (TPSA) is 18.5 Å². The van der Waals surface area contributed by atoms with Crippen LogP contribution in [0.3, 0.4) is 0 Å². The molecular weight excluding hydrogens is 585 g/mol. The first-order valence-corrected chi connectivity index (χ1v) is 21.4. The van der Waals surface area contributed by atoms with Gasteiger partial charge in [-0.2, -0.15) is 0 Å². The summed E-state index contributed by atoms with van der Waals surface area (Å²) in [4.78, 5) is 0. The molecule has 0 aromatic heterocycles. The van der Waals surface area contributed by atoms with E-state index in [-0.39, 0.29) is 0 Å². The Hall–Kier alpha value is -4.11. The van der Waals surface area contributed by atoms with Crippen molar-refractivity contribution in [2.45, 2.75) is 18.1 Å². The van der Waals surface area contributed by atoms with Crippen LogP contribution in [-0.4, -0.2) is 25.2 Å². The summed E-state index contributed by atoms with van der Waals surface area (Å²) in [6.07, 6.45) is 6.03. The largest absolute Gasteiger partial charge is 0.425 e. The molecule has 2 nitrogen and oxygen atoms in total. The first-order chi connectivity index (χ1) is 21.6. The summed E-state index contributed by atoms with van der Waals surface area (Å²) in [5.74, 6) is 0. The van der Waals surface area contributed by atoms with E-state index in [0.29, 0.717) is 18.1 Å². The standard InChI is InChI=1S/C39H40O2Si3/c1-4-32-42(35-22-12-7-13-23-35,36-24-14-8-15-25-36)40-44(34-6-3,39-30-20-11-21-31-39)41-43(33-5-2,37-26-16-9-17-27-37)38-28-18-10-19-29-38/h4-31H,1-3,32-34H2. The number of hydrogen-bond donors (Lipinski definition) is 0. The van der Waals surface area contributed by atoms with Crippen molar-refractivity contribution >= 4 is 51.1 Å². The van der Waals surface area contributed by atoms with Gasteiger partial charge >= 0.3 is 8.56 Å². The molecule has 0 radical (unpaired) electrons. The molecule has 0 fully saturated rings. The molecule has 220 valence electrons. The second-order valence-corrected chi connectivity index (χ2v) is 21.5. The van der Waals surface area contributed by atoms with E-state index in [9.17, 15) is 0 Å². The minimum absolute atomic E-state index is 0.591. The summed E-state index contributed by atoms with van der Waals surface area (Å²) in [5, 5.41) is 5.88.